The summed E-state index contributed by atoms with van der Waals surface area (Å²) in [6, 6.07) is 0. The Bertz CT molecular complexity index is 1480. The van der Waals surface area contributed by atoms with Crippen LogP contribution in [0.25, 0.3) is 0 Å². The van der Waals surface area contributed by atoms with Gasteiger partial charge in [0.25, 0.3) is 20.2 Å². The van der Waals surface area contributed by atoms with Crippen LogP contribution in [0.3, 0.4) is 0 Å². The number of ketones is 4. The second kappa shape index (κ2) is 19.0. The number of methoxy groups -OCH3 is 1. The molecular weight excluding hydrogens is 640 g/mol. The number of carbonyl (C=O) groups is 4. The molecule has 2 aliphatic carbocycles. The smallest absolute Gasteiger partial charge is 0.264 e. The highest BCUT2D eigenvalue weighted by Crippen LogP contribution is 2.29. The molecular formula is C31H50N2O11S2. The van der Waals surface area contributed by atoms with E-state index in [0.29, 0.717) is 35.3 Å². The number of allylic oxidation sites excluding steroid dienone is 6. The summed E-state index contributed by atoms with van der Waals surface area (Å²) >= 11 is 0. The summed E-state index contributed by atoms with van der Waals surface area (Å²) < 4.78 is 62.9. The van der Waals surface area contributed by atoms with Gasteiger partial charge in [0, 0.05) is 28.8 Å². The van der Waals surface area contributed by atoms with Crippen LogP contribution in [0.5, 0.6) is 0 Å². The second-order valence-electron chi connectivity index (χ2n) is 11.9. The molecule has 0 spiro atoms. The fourth-order valence-electron chi connectivity index (χ4n) is 4.40. The predicted octanol–water partition coefficient (Wildman–Crippen LogP) is 3.00. The van der Waals surface area contributed by atoms with Gasteiger partial charge in [-0.1, -0.05) is 55.4 Å². The number of nitrogens with one attached hydrogen (secondary N) is 1. The molecule has 0 heterocycles. The van der Waals surface area contributed by atoms with Gasteiger partial charge in [0.1, 0.15) is 0 Å². The minimum absolute atomic E-state index is 0.00569. The normalized spacial score (nSPS) is 16.0. The van der Waals surface area contributed by atoms with Crippen molar-refractivity contribution >= 4 is 43.4 Å². The number of carbonyl (C=O) groups excluding carboxylic acids is 4. The van der Waals surface area contributed by atoms with Crippen molar-refractivity contribution in [3.8, 4) is 0 Å². The van der Waals surface area contributed by atoms with Crippen LogP contribution in [-0.2, 0) is 44.2 Å². The van der Waals surface area contributed by atoms with Crippen molar-refractivity contribution in [2.75, 3.05) is 31.7 Å². The number of hydrogen-bond acceptors (Lipinski definition) is 11. The van der Waals surface area contributed by atoms with Crippen molar-refractivity contribution < 1.29 is 49.9 Å². The number of Topliss-reactive ketones (excluding diaryl/α,β-unsaturated/α-hetero) is 2. The molecule has 0 bridgehead atoms. The van der Waals surface area contributed by atoms with E-state index in [-0.39, 0.29) is 82.7 Å². The van der Waals surface area contributed by atoms with E-state index in [4.69, 9.17) is 19.6 Å². The molecule has 15 heteroatoms. The average molecular weight is 691 g/mol. The molecule has 5 N–H and O–H groups in total. The van der Waals surface area contributed by atoms with Crippen LogP contribution in [0.4, 0.5) is 0 Å². The zero-order chi connectivity index (χ0) is 36.2. The first-order chi connectivity index (χ1) is 21.0. The third-order valence-corrected chi connectivity index (χ3v) is 8.27. The van der Waals surface area contributed by atoms with Gasteiger partial charge in [-0.2, -0.15) is 16.8 Å². The first kappa shape index (κ1) is 43.0. The molecule has 0 saturated carbocycles. The highest BCUT2D eigenvalue weighted by atomic mass is 32.2. The Kier molecular flexibility index (Phi) is 17.8. The highest BCUT2D eigenvalue weighted by molar-refractivity contribution is 7.86. The van der Waals surface area contributed by atoms with Crippen molar-refractivity contribution in [2.24, 2.45) is 29.4 Å². The molecule has 0 aliphatic heterocycles. The zero-order valence-corrected chi connectivity index (χ0v) is 29.8. The van der Waals surface area contributed by atoms with Crippen LogP contribution in [0.15, 0.2) is 45.9 Å². The number of rotatable bonds is 13. The van der Waals surface area contributed by atoms with E-state index >= 15 is 0 Å². The third-order valence-electron chi connectivity index (χ3n) is 6.66. The van der Waals surface area contributed by atoms with Crippen molar-refractivity contribution in [3.63, 3.8) is 0 Å². The van der Waals surface area contributed by atoms with Crippen LogP contribution in [-0.4, -0.2) is 80.8 Å². The van der Waals surface area contributed by atoms with Crippen molar-refractivity contribution in [2.45, 2.75) is 68.2 Å². The number of ether oxygens (including phenoxy) is 1. The molecule has 0 amide bonds. The molecule has 13 nitrogen and oxygen atoms in total. The maximum Gasteiger partial charge on any atom is 0.264 e. The van der Waals surface area contributed by atoms with Crippen molar-refractivity contribution in [1.29, 1.82) is 0 Å². The van der Waals surface area contributed by atoms with Gasteiger partial charge in [-0.3, -0.25) is 28.3 Å². The van der Waals surface area contributed by atoms with Gasteiger partial charge >= 0.3 is 0 Å². The lowest BCUT2D eigenvalue weighted by molar-refractivity contribution is -0.118. The lowest BCUT2D eigenvalue weighted by Crippen LogP contribution is -2.32. The van der Waals surface area contributed by atoms with E-state index in [1.54, 1.807) is 0 Å². The molecule has 0 aromatic carbocycles. The standard InChI is InChI=1S/C15H23NO5S.C13H18O3.C3H9NO3S/c1-9(2)11-8-12(17)14(13(10(3)4)15(11)18)16-6-5-7-22(19,20)21;1-7(2)9-6-10(14)13(16-5)11(8(3)4)12(9)15;4-2-1-3-8(5,6)7/h8-10,16H,5-7H2,1-4H3,(H,19,20,21);6-8H,1-5H3;1-4H2,(H,5,6,7). The second-order valence-corrected chi connectivity index (χ2v) is 15.1. The van der Waals surface area contributed by atoms with Crippen molar-refractivity contribution in [1.82, 2.24) is 5.32 Å². The summed E-state index contributed by atoms with van der Waals surface area (Å²) in [4.78, 5) is 48.7. The maximum atomic E-state index is 12.5. The number of hydrogen-bond donors (Lipinski definition) is 4. The Morgan fingerprint density at radius 2 is 1.11 bits per heavy atom. The zero-order valence-electron chi connectivity index (χ0n) is 28.2. The van der Waals surface area contributed by atoms with Crippen LogP contribution in [0.2, 0.25) is 0 Å². The summed E-state index contributed by atoms with van der Waals surface area (Å²) in [6.07, 6.45) is 3.22. The van der Waals surface area contributed by atoms with E-state index in [0.717, 1.165) is 0 Å². The summed E-state index contributed by atoms with van der Waals surface area (Å²) in [5.74, 6) is -1.18. The largest absolute Gasteiger partial charge is 0.492 e. The highest BCUT2D eigenvalue weighted by Gasteiger charge is 2.32. The Hall–Kier alpha value is -2.98. The fourth-order valence-corrected chi connectivity index (χ4v) is 5.44. The van der Waals surface area contributed by atoms with Gasteiger partial charge in [0.15, 0.2) is 17.3 Å². The molecule has 0 unspecified atom stereocenters. The SMILES string of the molecule is CC(C)C1=CC(=O)C(NCCCS(=O)(=O)O)=C(C(C)C)C1=O.COC1=C(C(C)C)C(=O)C(C(C)C)=CC1=O.NCCCS(=O)(=O)O. The maximum absolute atomic E-state index is 12.5. The first-order valence-electron chi connectivity index (χ1n) is 15.0. The van der Waals surface area contributed by atoms with Gasteiger partial charge < -0.3 is 15.8 Å². The molecule has 0 saturated heterocycles. The molecule has 0 radical (unpaired) electrons. The Morgan fingerprint density at radius 1 is 0.696 bits per heavy atom. The van der Waals surface area contributed by atoms with Crippen molar-refractivity contribution in [3.05, 3.63) is 45.9 Å². The van der Waals surface area contributed by atoms with Gasteiger partial charge in [0.05, 0.1) is 24.3 Å². The van der Waals surface area contributed by atoms with Crippen LogP contribution in [0, 0.1) is 23.7 Å². The molecule has 262 valence electrons. The molecule has 0 atom stereocenters. The topological polar surface area (TPSA) is 224 Å². The fraction of sp³-hybridized carbons (Fsp3) is 0.613. The first-order valence-corrected chi connectivity index (χ1v) is 18.2. The van der Waals surface area contributed by atoms with Crippen LogP contribution < -0.4 is 11.1 Å². The molecule has 0 aromatic rings. The molecule has 46 heavy (non-hydrogen) atoms. The lowest BCUT2D eigenvalue weighted by Gasteiger charge is -2.24. The van der Waals surface area contributed by atoms with Gasteiger partial charge in [-0.25, -0.2) is 0 Å². The van der Waals surface area contributed by atoms with Gasteiger partial charge in [-0.15, -0.1) is 0 Å². The van der Waals surface area contributed by atoms with Crippen LogP contribution >= 0.6 is 0 Å². The lowest BCUT2D eigenvalue weighted by atomic mass is 9.82. The summed E-state index contributed by atoms with van der Waals surface area (Å²) in [5.41, 5.74) is 7.20. The summed E-state index contributed by atoms with van der Waals surface area (Å²) in [7, 11) is -6.36. The van der Waals surface area contributed by atoms with E-state index in [9.17, 15) is 36.0 Å². The van der Waals surface area contributed by atoms with Gasteiger partial charge in [-0.05, 0) is 55.2 Å². The van der Waals surface area contributed by atoms with E-state index in [1.807, 2.05) is 55.4 Å². The number of nitrogens with two attached hydrogens (primary N) is 1. The van der Waals surface area contributed by atoms with Crippen LogP contribution in [0.1, 0.15) is 68.2 Å². The summed E-state index contributed by atoms with van der Waals surface area (Å²) in [5, 5.41) is 2.85. The summed E-state index contributed by atoms with van der Waals surface area (Å²) in [6.45, 7) is 15.5. The minimum Gasteiger partial charge on any atom is -0.492 e. The predicted molar refractivity (Wildman–Crippen MR) is 176 cm³/mol. The van der Waals surface area contributed by atoms with E-state index < -0.39 is 20.2 Å². The monoisotopic (exact) mass is 690 g/mol. The van der Waals surface area contributed by atoms with E-state index in [2.05, 4.69) is 5.32 Å². The van der Waals surface area contributed by atoms with E-state index in [1.165, 1.54) is 19.3 Å². The Morgan fingerprint density at radius 3 is 1.46 bits per heavy atom. The molecule has 0 aromatic heterocycles. The molecule has 2 aliphatic rings. The third kappa shape index (κ3) is 14.2. The minimum atomic E-state index is -4.02. The quantitative estimate of drug-likeness (QED) is 0.124. The average Bonchev–Trinajstić information content (AvgIpc) is 2.91. The van der Waals surface area contributed by atoms with Gasteiger partial charge in [0.2, 0.25) is 11.6 Å². The molecule has 2 rings (SSSR count). The Balaban J connectivity index is 0.000000735. The Labute approximate surface area is 273 Å². The molecule has 0 fully saturated rings.